The summed E-state index contributed by atoms with van der Waals surface area (Å²) in [5.74, 6) is 0. The van der Waals surface area contributed by atoms with E-state index < -0.39 is 0 Å². The van der Waals surface area contributed by atoms with Crippen LogP contribution in [0.5, 0.6) is 0 Å². The highest BCUT2D eigenvalue weighted by atomic mass is 35.5. The molecule has 1 rings (SSSR count). The highest BCUT2D eigenvalue weighted by Crippen LogP contribution is 2.08. The number of nitrogens with one attached hydrogen (secondary N) is 1. The quantitative estimate of drug-likeness (QED) is 0.516. The fourth-order valence-electron chi connectivity index (χ4n) is 2.04. The molecule has 1 N–H and O–H groups in total. The van der Waals surface area contributed by atoms with Crippen molar-refractivity contribution in [3.05, 3.63) is 0 Å². The van der Waals surface area contributed by atoms with E-state index in [0.29, 0.717) is 6.29 Å². The van der Waals surface area contributed by atoms with E-state index in [9.17, 15) is 0 Å². The lowest BCUT2D eigenvalue weighted by Gasteiger charge is -2.37. The Morgan fingerprint density at radius 2 is 1.38 bits per heavy atom. The second-order valence-corrected chi connectivity index (χ2v) is 4.80. The summed E-state index contributed by atoms with van der Waals surface area (Å²) in [7, 11) is 12.7. The maximum absolute atomic E-state index is 3.62. The first-order valence-electron chi connectivity index (χ1n) is 5.43. The molecule has 0 aromatic carbocycles. The predicted octanol–water partition coefficient (Wildman–Crippen LogP) is -3.85. The molecular weight excluding hydrogens is 226 g/mol. The topological polar surface area (TPSA) is 25.0 Å². The lowest BCUT2D eigenvalue weighted by molar-refractivity contribution is -0.00000353. The van der Waals surface area contributed by atoms with Crippen LogP contribution in [0.3, 0.4) is 0 Å². The highest BCUT2D eigenvalue weighted by molar-refractivity contribution is 4.77. The van der Waals surface area contributed by atoms with Gasteiger partial charge in [0.15, 0.2) is 0 Å². The average molecular weight is 251 g/mol. The maximum Gasteiger partial charge on any atom is 0.118 e. The molecule has 0 saturated carbocycles. The summed E-state index contributed by atoms with van der Waals surface area (Å²) >= 11 is 0. The summed E-state index contributed by atoms with van der Waals surface area (Å²) in [6, 6.07) is 0. The van der Waals surface area contributed by atoms with Gasteiger partial charge in [0.25, 0.3) is 0 Å². The molecule has 0 aromatic heterocycles. The summed E-state index contributed by atoms with van der Waals surface area (Å²) in [6.45, 7) is 2.25. The van der Waals surface area contributed by atoms with Gasteiger partial charge in [0.1, 0.15) is 12.6 Å². The van der Waals surface area contributed by atoms with Gasteiger partial charge in [-0.05, 0) is 42.3 Å². The lowest BCUT2D eigenvalue weighted by Crippen LogP contribution is -3.00. The molecular formula is C10H25ClN5-. The Labute approximate surface area is 106 Å². The second-order valence-electron chi connectivity index (χ2n) is 4.80. The summed E-state index contributed by atoms with van der Waals surface area (Å²) < 4.78 is 0. The van der Waals surface area contributed by atoms with Gasteiger partial charge in [-0.2, -0.15) is 0 Å². The fraction of sp³-hybridized carbons (Fsp3) is 1.00. The Morgan fingerprint density at radius 3 is 1.69 bits per heavy atom. The zero-order valence-corrected chi connectivity index (χ0v) is 12.0. The van der Waals surface area contributed by atoms with Crippen LogP contribution in [-0.2, 0) is 0 Å². The van der Waals surface area contributed by atoms with E-state index in [2.05, 4.69) is 67.2 Å². The van der Waals surface area contributed by atoms with Crippen molar-refractivity contribution in [1.29, 1.82) is 0 Å². The molecule has 1 saturated heterocycles. The Balaban J connectivity index is 0.00000225. The Morgan fingerprint density at radius 1 is 1.00 bits per heavy atom. The zero-order valence-electron chi connectivity index (χ0n) is 11.2. The van der Waals surface area contributed by atoms with Crippen molar-refractivity contribution in [3.8, 4) is 0 Å². The van der Waals surface area contributed by atoms with Crippen LogP contribution in [0.25, 0.3) is 0 Å². The van der Waals surface area contributed by atoms with Crippen molar-refractivity contribution in [2.24, 2.45) is 0 Å². The largest absolute Gasteiger partial charge is 1.00 e. The minimum absolute atomic E-state index is 0. The number of nitrogens with zero attached hydrogens (tertiary/aromatic N) is 4. The third-order valence-corrected chi connectivity index (χ3v) is 2.92. The molecule has 1 aliphatic heterocycles. The first-order valence-corrected chi connectivity index (χ1v) is 5.43. The van der Waals surface area contributed by atoms with E-state index in [1.807, 2.05) is 0 Å². The van der Waals surface area contributed by atoms with Crippen molar-refractivity contribution in [3.63, 3.8) is 0 Å². The standard InChI is InChI=1S/C10H25N5.ClH/c1-12(2)9(13(3)4)11-10-14(5)7-8-15(10)6;/h9-11H,7-8H2,1-6H3;1H/p-1. The van der Waals surface area contributed by atoms with Crippen molar-refractivity contribution in [1.82, 2.24) is 24.9 Å². The van der Waals surface area contributed by atoms with Crippen molar-refractivity contribution in [2.75, 3.05) is 55.4 Å². The van der Waals surface area contributed by atoms with Gasteiger partial charge in [0.2, 0.25) is 0 Å². The first-order chi connectivity index (χ1) is 6.93. The van der Waals surface area contributed by atoms with E-state index in [1.165, 1.54) is 0 Å². The molecule has 0 unspecified atom stereocenters. The van der Waals surface area contributed by atoms with Crippen LogP contribution in [-0.4, -0.2) is 87.6 Å². The van der Waals surface area contributed by atoms with Crippen LogP contribution in [0, 0.1) is 0 Å². The number of likely N-dealkylation sites (N-methyl/N-ethyl adjacent to an activating group) is 2. The van der Waals surface area contributed by atoms with Gasteiger partial charge in [-0.1, -0.05) is 0 Å². The molecule has 1 heterocycles. The zero-order chi connectivity index (χ0) is 11.6. The number of hydrogen-bond donors (Lipinski definition) is 1. The van der Waals surface area contributed by atoms with Gasteiger partial charge in [-0.15, -0.1) is 0 Å². The van der Waals surface area contributed by atoms with Gasteiger partial charge >= 0.3 is 0 Å². The van der Waals surface area contributed by atoms with Crippen LogP contribution >= 0.6 is 0 Å². The summed E-state index contributed by atoms with van der Waals surface area (Å²) in [6.07, 6.45) is 0.595. The molecule has 0 bridgehead atoms. The summed E-state index contributed by atoms with van der Waals surface area (Å²) in [5, 5.41) is 3.62. The molecule has 0 amide bonds. The third kappa shape index (κ3) is 3.84. The fourth-order valence-corrected chi connectivity index (χ4v) is 2.04. The molecule has 6 heteroatoms. The molecule has 16 heavy (non-hydrogen) atoms. The van der Waals surface area contributed by atoms with Crippen LogP contribution in [0.1, 0.15) is 0 Å². The Bertz CT molecular complexity index is 182. The van der Waals surface area contributed by atoms with Crippen LogP contribution in [0.4, 0.5) is 0 Å². The third-order valence-electron chi connectivity index (χ3n) is 2.92. The molecule has 98 valence electrons. The molecule has 0 radical (unpaired) electrons. The molecule has 5 nitrogen and oxygen atoms in total. The first kappa shape index (κ1) is 16.1. The summed E-state index contributed by atoms with van der Waals surface area (Å²) in [5.41, 5.74) is 0. The lowest BCUT2D eigenvalue weighted by atomic mass is 10.5. The predicted molar refractivity (Wildman–Crippen MR) is 63.3 cm³/mol. The Kier molecular flexibility index (Phi) is 6.77. The van der Waals surface area contributed by atoms with E-state index in [0.717, 1.165) is 13.1 Å². The van der Waals surface area contributed by atoms with E-state index in [4.69, 9.17) is 0 Å². The Hall–Kier alpha value is 0.0900. The van der Waals surface area contributed by atoms with Crippen molar-refractivity contribution >= 4 is 0 Å². The van der Waals surface area contributed by atoms with Crippen LogP contribution in [0.15, 0.2) is 0 Å². The SMILES string of the molecule is CN(C)C(NC1N(C)CCN1C)N(C)C.[Cl-]. The van der Waals surface area contributed by atoms with Gasteiger partial charge < -0.3 is 12.4 Å². The minimum atomic E-state index is 0. The smallest absolute Gasteiger partial charge is 0.118 e. The molecule has 0 atom stereocenters. The normalized spacial score (nSPS) is 20.1. The average Bonchev–Trinajstić information content (AvgIpc) is 2.42. The summed E-state index contributed by atoms with van der Waals surface area (Å²) in [4.78, 5) is 9.03. The van der Waals surface area contributed by atoms with Gasteiger partial charge in [0.05, 0.1) is 0 Å². The number of rotatable bonds is 4. The van der Waals surface area contributed by atoms with E-state index in [-0.39, 0.29) is 18.7 Å². The van der Waals surface area contributed by atoms with Crippen LogP contribution < -0.4 is 17.7 Å². The van der Waals surface area contributed by atoms with E-state index >= 15 is 0 Å². The molecule has 1 aliphatic rings. The number of halogens is 1. The van der Waals surface area contributed by atoms with E-state index in [1.54, 1.807) is 0 Å². The molecule has 0 aromatic rings. The monoisotopic (exact) mass is 250 g/mol. The minimum Gasteiger partial charge on any atom is -1.00 e. The van der Waals surface area contributed by atoms with Gasteiger partial charge in [0, 0.05) is 13.1 Å². The van der Waals surface area contributed by atoms with Crippen LogP contribution in [0.2, 0.25) is 0 Å². The van der Waals surface area contributed by atoms with Crippen molar-refractivity contribution < 1.29 is 12.4 Å². The highest BCUT2D eigenvalue weighted by Gasteiger charge is 2.29. The molecule has 0 aliphatic carbocycles. The van der Waals surface area contributed by atoms with Gasteiger partial charge in [-0.25, -0.2) is 0 Å². The number of hydrogen-bond acceptors (Lipinski definition) is 5. The van der Waals surface area contributed by atoms with Gasteiger partial charge in [-0.3, -0.25) is 24.9 Å². The second kappa shape index (κ2) is 6.74. The maximum atomic E-state index is 3.62. The molecule has 0 spiro atoms. The van der Waals surface area contributed by atoms with Crippen molar-refractivity contribution in [2.45, 2.75) is 12.6 Å². The molecule has 1 fully saturated rings.